The number of nitrogens with zero attached hydrogens (tertiary/aromatic N) is 1. The molecule has 3 rings (SSSR count). The number of ether oxygens (including phenoxy) is 1. The van der Waals surface area contributed by atoms with Crippen LogP contribution in [0.25, 0.3) is 0 Å². The molecular weight excluding hydrogens is 328 g/mol. The summed E-state index contributed by atoms with van der Waals surface area (Å²) in [6.45, 7) is 2.78. The largest absolute Gasteiger partial charge is 0.376 e. The van der Waals surface area contributed by atoms with Gasteiger partial charge in [0.1, 0.15) is 0 Å². The van der Waals surface area contributed by atoms with Gasteiger partial charge in [-0.15, -0.1) is 0 Å². The molecule has 3 atom stereocenters. The van der Waals surface area contributed by atoms with Crippen molar-refractivity contribution in [1.82, 2.24) is 9.62 Å². The van der Waals surface area contributed by atoms with Gasteiger partial charge in [0.05, 0.1) is 23.0 Å². The van der Waals surface area contributed by atoms with E-state index in [1.807, 2.05) is 19.1 Å². The van der Waals surface area contributed by atoms with Gasteiger partial charge in [-0.1, -0.05) is 19.1 Å². The minimum Gasteiger partial charge on any atom is -0.376 e. The molecule has 1 N–H and O–H groups in total. The maximum absolute atomic E-state index is 13.1. The molecule has 0 unspecified atom stereocenters. The number of amides is 1. The van der Waals surface area contributed by atoms with E-state index in [-0.39, 0.29) is 35.4 Å². The molecule has 1 amide bonds. The fraction of sp³-hybridized carbons (Fsp3) is 0.588. The standard InChI is InChI=1S/C17H24N2O4S/c1-3-12-4-6-14(7-5-12)24(21,22)19-11-13(17(20)18-2)10-16-15(19)8-9-23-16/h4-7,13,15-16H,3,8-11H2,1-2H3,(H,18,20)/t13-,15+,16+/m1/s1. The number of carbonyl (C=O) groups excluding carboxylic acids is 1. The van der Waals surface area contributed by atoms with Gasteiger partial charge in [0.2, 0.25) is 15.9 Å². The summed E-state index contributed by atoms with van der Waals surface area (Å²) in [5.74, 6) is -0.510. The highest BCUT2D eigenvalue weighted by Crippen LogP contribution is 2.35. The summed E-state index contributed by atoms with van der Waals surface area (Å²) >= 11 is 0. The normalized spacial score (nSPS) is 27.7. The van der Waals surface area contributed by atoms with Crippen LogP contribution in [-0.2, 0) is 26.0 Å². The Morgan fingerprint density at radius 1 is 1.33 bits per heavy atom. The third-order valence-electron chi connectivity index (χ3n) is 5.02. The molecule has 0 aromatic heterocycles. The summed E-state index contributed by atoms with van der Waals surface area (Å²) in [4.78, 5) is 12.3. The molecule has 2 saturated heterocycles. The maximum atomic E-state index is 13.1. The Kier molecular flexibility index (Phi) is 4.94. The van der Waals surface area contributed by atoms with Gasteiger partial charge < -0.3 is 10.1 Å². The second-order valence-corrected chi connectivity index (χ2v) is 8.27. The van der Waals surface area contributed by atoms with E-state index in [9.17, 15) is 13.2 Å². The van der Waals surface area contributed by atoms with Crippen molar-refractivity contribution in [3.8, 4) is 0 Å². The van der Waals surface area contributed by atoms with Crippen LogP contribution in [0.4, 0.5) is 0 Å². The third-order valence-corrected chi connectivity index (χ3v) is 6.92. The lowest BCUT2D eigenvalue weighted by Crippen LogP contribution is -2.54. The van der Waals surface area contributed by atoms with Crippen molar-refractivity contribution >= 4 is 15.9 Å². The van der Waals surface area contributed by atoms with Gasteiger partial charge in [-0.25, -0.2) is 8.42 Å². The first-order valence-electron chi connectivity index (χ1n) is 8.41. The van der Waals surface area contributed by atoms with E-state index in [1.165, 1.54) is 4.31 Å². The molecule has 2 heterocycles. The highest BCUT2D eigenvalue weighted by molar-refractivity contribution is 7.89. The van der Waals surface area contributed by atoms with Crippen LogP contribution in [0, 0.1) is 5.92 Å². The summed E-state index contributed by atoms with van der Waals surface area (Å²) in [5, 5.41) is 2.63. The van der Waals surface area contributed by atoms with Crippen LogP contribution in [0.1, 0.15) is 25.3 Å². The van der Waals surface area contributed by atoms with E-state index in [2.05, 4.69) is 5.32 Å². The maximum Gasteiger partial charge on any atom is 0.243 e. The molecule has 1 aromatic rings. The lowest BCUT2D eigenvalue weighted by atomic mass is 9.91. The first-order chi connectivity index (χ1) is 11.5. The van der Waals surface area contributed by atoms with Crippen molar-refractivity contribution in [2.24, 2.45) is 5.92 Å². The Morgan fingerprint density at radius 2 is 2.04 bits per heavy atom. The summed E-state index contributed by atoms with van der Waals surface area (Å²) in [5.41, 5.74) is 1.10. The minimum absolute atomic E-state index is 0.134. The van der Waals surface area contributed by atoms with Gasteiger partial charge in [-0.2, -0.15) is 4.31 Å². The molecule has 1 aromatic carbocycles. The lowest BCUT2D eigenvalue weighted by Gasteiger charge is -2.39. The highest BCUT2D eigenvalue weighted by Gasteiger charge is 2.47. The molecule has 6 nitrogen and oxygen atoms in total. The van der Waals surface area contributed by atoms with E-state index in [4.69, 9.17) is 4.74 Å². The van der Waals surface area contributed by atoms with Gasteiger partial charge in [0.15, 0.2) is 0 Å². The van der Waals surface area contributed by atoms with Gasteiger partial charge >= 0.3 is 0 Å². The summed E-state index contributed by atoms with van der Waals surface area (Å²) in [6.07, 6.45) is 1.91. The predicted octanol–water partition coefficient (Wildman–Crippen LogP) is 1.16. The Morgan fingerprint density at radius 3 is 2.67 bits per heavy atom. The van der Waals surface area contributed by atoms with Crippen molar-refractivity contribution in [3.05, 3.63) is 29.8 Å². The Bertz CT molecular complexity index is 702. The van der Waals surface area contributed by atoms with E-state index in [1.54, 1.807) is 19.2 Å². The fourth-order valence-corrected chi connectivity index (χ4v) is 5.33. The van der Waals surface area contributed by atoms with Crippen molar-refractivity contribution in [2.45, 2.75) is 43.2 Å². The Balaban J connectivity index is 1.92. The molecule has 0 bridgehead atoms. The van der Waals surface area contributed by atoms with Crippen LogP contribution < -0.4 is 5.32 Å². The van der Waals surface area contributed by atoms with Crippen LogP contribution in [0.2, 0.25) is 0 Å². The second-order valence-electron chi connectivity index (χ2n) is 6.38. The molecule has 0 aliphatic carbocycles. The van der Waals surface area contributed by atoms with Crippen LogP contribution >= 0.6 is 0 Å². The number of carbonyl (C=O) groups is 1. The number of nitrogens with one attached hydrogen (secondary N) is 1. The van der Waals surface area contributed by atoms with Crippen LogP contribution in [0.3, 0.4) is 0 Å². The van der Waals surface area contributed by atoms with E-state index < -0.39 is 10.0 Å². The molecule has 0 spiro atoms. The summed E-state index contributed by atoms with van der Waals surface area (Å²) in [6, 6.07) is 6.82. The first kappa shape index (κ1) is 17.4. The smallest absolute Gasteiger partial charge is 0.243 e. The molecule has 2 aliphatic rings. The Hall–Kier alpha value is -1.44. The number of fused-ring (bicyclic) bond motifs is 1. The second kappa shape index (κ2) is 6.82. The first-order valence-corrected chi connectivity index (χ1v) is 9.85. The predicted molar refractivity (Wildman–Crippen MR) is 90.0 cm³/mol. The number of aryl methyl sites for hydroxylation is 1. The number of hydrogen-bond donors (Lipinski definition) is 1. The highest BCUT2D eigenvalue weighted by atomic mass is 32.2. The van der Waals surface area contributed by atoms with Crippen LogP contribution in [0.5, 0.6) is 0 Å². The minimum atomic E-state index is -3.64. The number of hydrogen-bond acceptors (Lipinski definition) is 4. The molecule has 0 saturated carbocycles. The van der Waals surface area contributed by atoms with Crippen LogP contribution in [0.15, 0.2) is 29.2 Å². The van der Waals surface area contributed by atoms with E-state index in [0.29, 0.717) is 19.4 Å². The van der Waals surface area contributed by atoms with Crippen molar-refractivity contribution in [3.63, 3.8) is 0 Å². The SMILES string of the molecule is CCc1ccc(S(=O)(=O)N2C[C@H](C(=O)NC)C[C@@H]3OCC[C@@H]32)cc1. The quantitative estimate of drug-likeness (QED) is 0.882. The molecule has 24 heavy (non-hydrogen) atoms. The number of rotatable bonds is 4. The van der Waals surface area contributed by atoms with E-state index >= 15 is 0 Å². The molecule has 2 fully saturated rings. The summed E-state index contributed by atoms with van der Waals surface area (Å²) < 4.78 is 33.4. The topological polar surface area (TPSA) is 75.7 Å². The zero-order chi connectivity index (χ0) is 17.3. The molecule has 2 aliphatic heterocycles. The average Bonchev–Trinajstić information content (AvgIpc) is 3.08. The number of piperidine rings is 1. The van der Waals surface area contributed by atoms with Gasteiger partial charge in [0, 0.05) is 20.2 Å². The van der Waals surface area contributed by atoms with Crippen molar-refractivity contribution < 1.29 is 17.9 Å². The third kappa shape index (κ3) is 3.08. The van der Waals surface area contributed by atoms with E-state index in [0.717, 1.165) is 12.0 Å². The van der Waals surface area contributed by atoms with Crippen LogP contribution in [-0.4, -0.2) is 51.0 Å². The summed E-state index contributed by atoms with van der Waals surface area (Å²) in [7, 11) is -2.07. The van der Waals surface area contributed by atoms with Gasteiger partial charge in [-0.3, -0.25) is 4.79 Å². The number of sulfonamides is 1. The average molecular weight is 352 g/mol. The molecular formula is C17H24N2O4S. The van der Waals surface area contributed by atoms with Crippen molar-refractivity contribution in [1.29, 1.82) is 0 Å². The van der Waals surface area contributed by atoms with Gasteiger partial charge in [0.25, 0.3) is 0 Å². The van der Waals surface area contributed by atoms with Gasteiger partial charge in [-0.05, 0) is 37.0 Å². The molecule has 0 radical (unpaired) electrons. The zero-order valence-corrected chi connectivity index (χ0v) is 14.9. The van der Waals surface area contributed by atoms with Crippen molar-refractivity contribution in [2.75, 3.05) is 20.2 Å². The fourth-order valence-electron chi connectivity index (χ4n) is 3.60. The number of benzene rings is 1. The zero-order valence-electron chi connectivity index (χ0n) is 14.1. The monoisotopic (exact) mass is 352 g/mol. The lowest BCUT2D eigenvalue weighted by molar-refractivity contribution is -0.127. The Labute approximate surface area is 143 Å². The molecule has 7 heteroatoms. The molecule has 132 valence electrons.